The van der Waals surface area contributed by atoms with Gasteiger partial charge in [-0.15, -0.1) is 0 Å². The van der Waals surface area contributed by atoms with Crippen molar-refractivity contribution in [2.45, 2.75) is 19.4 Å². The third-order valence-corrected chi connectivity index (χ3v) is 3.91. The largest absolute Gasteiger partial charge is 0.394 e. The quantitative estimate of drug-likeness (QED) is 0.887. The Hall–Kier alpha value is -1.84. The lowest BCUT2D eigenvalue weighted by molar-refractivity contribution is 0.200. The van der Waals surface area contributed by atoms with E-state index in [-0.39, 0.29) is 6.61 Å². The van der Waals surface area contributed by atoms with Crippen molar-refractivity contribution in [3.8, 4) is 0 Å². The van der Waals surface area contributed by atoms with Gasteiger partial charge >= 0.3 is 0 Å². The second-order valence-electron chi connectivity index (χ2n) is 5.83. The zero-order valence-electron chi connectivity index (χ0n) is 13.0. The molecule has 0 spiro atoms. The van der Waals surface area contributed by atoms with Crippen molar-refractivity contribution in [2.75, 3.05) is 25.1 Å². The van der Waals surface area contributed by atoms with Gasteiger partial charge in [-0.1, -0.05) is 48.0 Å². The number of aliphatic hydroxyl groups is 1. The molecule has 2 aromatic carbocycles. The zero-order valence-corrected chi connectivity index (χ0v) is 13.0. The molecular weight excluding hydrogens is 260 g/mol. The van der Waals surface area contributed by atoms with E-state index in [0.717, 1.165) is 11.3 Å². The second kappa shape index (κ2) is 6.29. The second-order valence-corrected chi connectivity index (χ2v) is 5.83. The van der Waals surface area contributed by atoms with Crippen LogP contribution >= 0.6 is 0 Å². The Bertz CT molecular complexity index is 597. The number of aryl methyl sites for hydroxylation is 2. The van der Waals surface area contributed by atoms with Gasteiger partial charge in [0, 0.05) is 19.3 Å². The Balaban J connectivity index is 2.26. The summed E-state index contributed by atoms with van der Waals surface area (Å²) in [6.07, 6.45) is 0. The highest BCUT2D eigenvalue weighted by Gasteiger charge is 2.28. The molecule has 3 nitrogen and oxygen atoms in total. The molecule has 21 heavy (non-hydrogen) atoms. The van der Waals surface area contributed by atoms with Crippen LogP contribution in [0.25, 0.3) is 0 Å². The molecule has 0 amide bonds. The number of benzene rings is 2. The Kier molecular flexibility index (Phi) is 4.66. The molecule has 0 saturated carbocycles. The minimum Gasteiger partial charge on any atom is -0.394 e. The molecule has 0 bridgehead atoms. The highest BCUT2D eigenvalue weighted by atomic mass is 16.3. The van der Waals surface area contributed by atoms with Crippen LogP contribution in [0.5, 0.6) is 0 Å². The number of rotatable bonds is 5. The summed E-state index contributed by atoms with van der Waals surface area (Å²) in [7, 11) is 2.01. The van der Waals surface area contributed by atoms with E-state index in [0.29, 0.717) is 6.54 Å². The highest BCUT2D eigenvalue weighted by Crippen LogP contribution is 2.25. The Morgan fingerprint density at radius 3 is 2.33 bits per heavy atom. The third-order valence-electron chi connectivity index (χ3n) is 3.91. The smallest absolute Gasteiger partial charge is 0.0821 e. The van der Waals surface area contributed by atoms with Crippen LogP contribution in [-0.2, 0) is 5.54 Å². The van der Waals surface area contributed by atoms with Gasteiger partial charge < -0.3 is 15.7 Å². The van der Waals surface area contributed by atoms with Gasteiger partial charge in [0.05, 0.1) is 12.1 Å². The van der Waals surface area contributed by atoms with E-state index in [2.05, 4.69) is 36.9 Å². The summed E-state index contributed by atoms with van der Waals surface area (Å²) in [4.78, 5) is 2.11. The van der Waals surface area contributed by atoms with Crippen LogP contribution < -0.4 is 10.6 Å². The maximum absolute atomic E-state index is 9.80. The molecule has 0 radical (unpaired) electrons. The van der Waals surface area contributed by atoms with Crippen molar-refractivity contribution in [1.29, 1.82) is 0 Å². The number of nitrogens with zero attached hydrogens (tertiary/aromatic N) is 1. The Morgan fingerprint density at radius 2 is 1.76 bits per heavy atom. The zero-order chi connectivity index (χ0) is 15.5. The average Bonchev–Trinajstić information content (AvgIpc) is 2.47. The lowest BCUT2D eigenvalue weighted by Crippen LogP contribution is -2.49. The molecule has 112 valence electrons. The molecule has 1 unspecified atom stereocenters. The summed E-state index contributed by atoms with van der Waals surface area (Å²) in [5.41, 5.74) is 10.2. The van der Waals surface area contributed by atoms with E-state index in [1.54, 1.807) is 0 Å². The van der Waals surface area contributed by atoms with Crippen LogP contribution in [-0.4, -0.2) is 25.3 Å². The van der Waals surface area contributed by atoms with Crippen LogP contribution in [0, 0.1) is 13.8 Å². The van der Waals surface area contributed by atoms with E-state index in [1.165, 1.54) is 11.1 Å². The summed E-state index contributed by atoms with van der Waals surface area (Å²) in [6, 6.07) is 16.1. The number of hydrogen-bond donors (Lipinski definition) is 2. The first kappa shape index (κ1) is 15.5. The molecule has 2 aromatic rings. The molecule has 0 heterocycles. The van der Waals surface area contributed by atoms with E-state index < -0.39 is 5.54 Å². The van der Waals surface area contributed by atoms with Crippen molar-refractivity contribution in [3.63, 3.8) is 0 Å². The molecule has 0 aliphatic carbocycles. The summed E-state index contributed by atoms with van der Waals surface area (Å²) in [5, 5.41) is 9.80. The third kappa shape index (κ3) is 3.43. The van der Waals surface area contributed by atoms with Crippen LogP contribution in [0.3, 0.4) is 0 Å². The van der Waals surface area contributed by atoms with E-state index >= 15 is 0 Å². The van der Waals surface area contributed by atoms with Gasteiger partial charge in [-0.25, -0.2) is 0 Å². The predicted octanol–water partition coefficient (Wildman–Crippen LogP) is 2.59. The monoisotopic (exact) mass is 284 g/mol. The Labute approximate surface area is 127 Å². The first-order valence-corrected chi connectivity index (χ1v) is 7.20. The predicted molar refractivity (Wildman–Crippen MR) is 88.6 cm³/mol. The summed E-state index contributed by atoms with van der Waals surface area (Å²) in [5.74, 6) is 0. The average molecular weight is 284 g/mol. The van der Waals surface area contributed by atoms with Gasteiger partial charge in [0.15, 0.2) is 0 Å². The van der Waals surface area contributed by atoms with Gasteiger partial charge in [-0.3, -0.25) is 0 Å². The fourth-order valence-electron chi connectivity index (χ4n) is 2.74. The van der Waals surface area contributed by atoms with Crippen LogP contribution in [0.15, 0.2) is 48.5 Å². The number of aliphatic hydroxyl groups excluding tert-OH is 1. The lowest BCUT2D eigenvalue weighted by Gasteiger charge is -2.34. The van der Waals surface area contributed by atoms with Gasteiger partial charge in [-0.05, 0) is 31.0 Å². The molecule has 0 saturated heterocycles. The maximum atomic E-state index is 9.80. The molecule has 1 atom stereocenters. The van der Waals surface area contributed by atoms with Crippen molar-refractivity contribution in [1.82, 2.24) is 0 Å². The topological polar surface area (TPSA) is 49.5 Å². The first-order valence-electron chi connectivity index (χ1n) is 7.20. The van der Waals surface area contributed by atoms with Crippen LogP contribution in [0.4, 0.5) is 5.69 Å². The van der Waals surface area contributed by atoms with Crippen molar-refractivity contribution in [3.05, 3.63) is 65.2 Å². The molecule has 0 aromatic heterocycles. The van der Waals surface area contributed by atoms with Crippen molar-refractivity contribution < 1.29 is 5.11 Å². The molecule has 3 heteroatoms. The van der Waals surface area contributed by atoms with Crippen LogP contribution in [0.2, 0.25) is 0 Å². The van der Waals surface area contributed by atoms with Gasteiger partial charge in [-0.2, -0.15) is 0 Å². The number of likely N-dealkylation sites (N-methyl/N-ethyl adjacent to an activating group) is 1. The molecule has 0 aliphatic rings. The SMILES string of the molecule is Cc1ccc(N(C)CC(N)(CO)c2ccccc2)c(C)c1. The highest BCUT2D eigenvalue weighted by molar-refractivity contribution is 5.54. The minimum atomic E-state index is -0.770. The van der Waals surface area contributed by atoms with Crippen molar-refractivity contribution >= 4 is 5.69 Å². The maximum Gasteiger partial charge on any atom is 0.0821 e. The Morgan fingerprint density at radius 1 is 1.10 bits per heavy atom. The molecule has 2 rings (SSSR count). The molecule has 3 N–H and O–H groups in total. The molecule has 0 fully saturated rings. The summed E-state index contributed by atoms with van der Waals surface area (Å²) < 4.78 is 0. The number of anilines is 1. The molecular formula is C18H24N2O. The summed E-state index contributed by atoms with van der Waals surface area (Å²) >= 11 is 0. The van der Waals surface area contributed by atoms with Crippen LogP contribution in [0.1, 0.15) is 16.7 Å². The normalized spacial score (nSPS) is 13.8. The van der Waals surface area contributed by atoms with Gasteiger partial charge in [0.1, 0.15) is 0 Å². The van der Waals surface area contributed by atoms with E-state index in [1.807, 2.05) is 37.4 Å². The fourth-order valence-corrected chi connectivity index (χ4v) is 2.74. The number of hydrogen-bond acceptors (Lipinski definition) is 3. The van der Waals surface area contributed by atoms with Gasteiger partial charge in [0.2, 0.25) is 0 Å². The first-order chi connectivity index (χ1) is 9.96. The van der Waals surface area contributed by atoms with E-state index in [4.69, 9.17) is 5.73 Å². The molecule has 0 aliphatic heterocycles. The van der Waals surface area contributed by atoms with Crippen molar-refractivity contribution in [2.24, 2.45) is 5.73 Å². The van der Waals surface area contributed by atoms with Gasteiger partial charge in [0.25, 0.3) is 0 Å². The lowest BCUT2D eigenvalue weighted by atomic mass is 9.91. The minimum absolute atomic E-state index is 0.0910. The fraction of sp³-hybridized carbons (Fsp3) is 0.333. The standard InChI is InChI=1S/C18H24N2O/c1-14-9-10-17(15(2)11-14)20(3)12-18(19,13-21)16-7-5-4-6-8-16/h4-11,21H,12-13,19H2,1-3H3. The summed E-state index contributed by atoms with van der Waals surface area (Å²) in [6.45, 7) is 4.64. The number of nitrogens with two attached hydrogens (primary N) is 1. The van der Waals surface area contributed by atoms with E-state index in [9.17, 15) is 5.11 Å².